The second-order valence-electron chi connectivity index (χ2n) is 10.5. The summed E-state index contributed by atoms with van der Waals surface area (Å²) in [5.41, 5.74) is 4.01. The summed E-state index contributed by atoms with van der Waals surface area (Å²) < 4.78 is 7.40. The molecule has 0 bridgehead atoms. The van der Waals surface area contributed by atoms with Crippen LogP contribution in [-0.4, -0.2) is 83.6 Å². The lowest BCUT2D eigenvalue weighted by Crippen LogP contribution is -2.42. The molecule has 4 atom stereocenters. The molecule has 2 aromatic carbocycles. The highest BCUT2D eigenvalue weighted by Crippen LogP contribution is 2.33. The summed E-state index contributed by atoms with van der Waals surface area (Å²) in [6, 6.07) is 20.5. The average Bonchev–Trinajstić information content (AvgIpc) is 3.79. The minimum atomic E-state index is -1.42. The van der Waals surface area contributed by atoms with Crippen LogP contribution in [-0.2, 0) is 16.0 Å². The number of aromatic amines is 1. The molecule has 0 radical (unpaired) electrons. The van der Waals surface area contributed by atoms with Crippen molar-refractivity contribution in [1.29, 1.82) is 0 Å². The van der Waals surface area contributed by atoms with E-state index >= 15 is 0 Å². The summed E-state index contributed by atoms with van der Waals surface area (Å²) in [5.74, 6) is 0.341. The van der Waals surface area contributed by atoms with Gasteiger partial charge >= 0.3 is 0 Å². The molecule has 0 spiro atoms. The molecule has 6 rings (SSSR count). The number of rotatable bonds is 12. The highest BCUT2D eigenvalue weighted by atomic mass is 16.6. The molecule has 1 aliphatic heterocycles. The molecule has 13 heteroatoms. The number of aromatic nitrogens is 6. The number of carbonyl (C=O) groups excluding carboxylic acids is 1. The van der Waals surface area contributed by atoms with Crippen LogP contribution >= 0.6 is 0 Å². The van der Waals surface area contributed by atoms with E-state index in [-0.39, 0.29) is 5.92 Å². The number of aliphatic hydroxyl groups excluding tert-OH is 2. The largest absolute Gasteiger partial charge is 0.387 e. The number of hydrogen-bond donors (Lipinski definition) is 6. The molecule has 44 heavy (non-hydrogen) atoms. The number of imidazole rings is 2. The molecule has 1 aliphatic rings. The standard InChI is InChI=1S/C31H35N9O4/c1-2-33-29(43)26-24(41)25(42)30(44-26)40-18-37-23-27(38-31(39-28(23)40)34-14-13-21-15-32-17-36-21)35-16-22(19-9-5-3-6-10-19)20-11-7-4-8-12-20/h3-12,15,17-18,22,24-26,30,41-42H,2,13-14,16H2,1H3,(H,32,36)(H,33,43)(H2,34,35,38,39)/t24-,25+,26-,30+/m0/s1. The van der Waals surface area contributed by atoms with Crippen LogP contribution in [0.4, 0.5) is 11.8 Å². The lowest BCUT2D eigenvalue weighted by Gasteiger charge is -2.20. The van der Waals surface area contributed by atoms with Gasteiger partial charge in [-0.3, -0.25) is 9.36 Å². The van der Waals surface area contributed by atoms with Crippen LogP contribution < -0.4 is 16.0 Å². The third-order valence-corrected chi connectivity index (χ3v) is 7.64. The number of ether oxygens (including phenoxy) is 1. The lowest BCUT2D eigenvalue weighted by atomic mass is 9.91. The predicted octanol–water partition coefficient (Wildman–Crippen LogP) is 2.20. The molecular formula is C31H35N9O4. The van der Waals surface area contributed by atoms with Crippen molar-refractivity contribution < 1.29 is 19.7 Å². The van der Waals surface area contributed by atoms with Crippen molar-refractivity contribution in [2.24, 2.45) is 0 Å². The van der Waals surface area contributed by atoms with E-state index in [0.29, 0.717) is 49.0 Å². The van der Waals surface area contributed by atoms with Crippen molar-refractivity contribution in [3.8, 4) is 0 Å². The Morgan fingerprint density at radius 2 is 1.73 bits per heavy atom. The maximum Gasteiger partial charge on any atom is 0.252 e. The molecule has 6 N–H and O–H groups in total. The van der Waals surface area contributed by atoms with E-state index in [9.17, 15) is 15.0 Å². The first kappa shape index (κ1) is 29.2. The van der Waals surface area contributed by atoms with E-state index in [2.05, 4.69) is 55.2 Å². The summed E-state index contributed by atoms with van der Waals surface area (Å²) in [5, 5.41) is 30.9. The minimum Gasteiger partial charge on any atom is -0.387 e. The van der Waals surface area contributed by atoms with Gasteiger partial charge in [0.15, 0.2) is 29.3 Å². The fourth-order valence-corrected chi connectivity index (χ4v) is 5.41. The van der Waals surface area contributed by atoms with Gasteiger partial charge in [0.05, 0.1) is 18.3 Å². The van der Waals surface area contributed by atoms with Crippen molar-refractivity contribution in [3.63, 3.8) is 0 Å². The van der Waals surface area contributed by atoms with E-state index < -0.39 is 30.4 Å². The van der Waals surface area contributed by atoms with Crippen LogP contribution in [0.25, 0.3) is 11.2 Å². The van der Waals surface area contributed by atoms with Crippen LogP contribution in [0.5, 0.6) is 0 Å². The Balaban J connectivity index is 1.33. The van der Waals surface area contributed by atoms with Crippen molar-refractivity contribution in [1.82, 2.24) is 34.8 Å². The molecule has 3 aromatic heterocycles. The first-order valence-corrected chi connectivity index (χ1v) is 14.6. The number of H-pyrrole nitrogens is 1. The molecule has 1 fully saturated rings. The number of aliphatic hydroxyl groups is 2. The SMILES string of the molecule is CCNC(=O)[C@H]1O[C@@H](n2cnc3c(NCC(c4ccccc4)c4ccccc4)nc(NCCc4c[nH]cn4)nc32)[C@H](O)[C@@H]1O. The third kappa shape index (κ3) is 6.11. The maximum atomic E-state index is 12.5. The van der Waals surface area contributed by atoms with Gasteiger partial charge in [-0.1, -0.05) is 60.7 Å². The average molecular weight is 598 g/mol. The van der Waals surface area contributed by atoms with E-state index in [1.54, 1.807) is 13.3 Å². The third-order valence-electron chi connectivity index (χ3n) is 7.64. The predicted molar refractivity (Wildman–Crippen MR) is 164 cm³/mol. The molecule has 0 unspecified atom stereocenters. The minimum absolute atomic E-state index is 0.0218. The maximum absolute atomic E-state index is 12.5. The monoisotopic (exact) mass is 597 g/mol. The fraction of sp³-hybridized carbons (Fsp3) is 0.323. The fourth-order valence-electron chi connectivity index (χ4n) is 5.41. The zero-order valence-electron chi connectivity index (χ0n) is 24.2. The second-order valence-corrected chi connectivity index (χ2v) is 10.5. The Hall–Kier alpha value is -4.85. The number of anilines is 2. The van der Waals surface area contributed by atoms with Crippen LogP contribution in [0.3, 0.4) is 0 Å². The Morgan fingerprint density at radius 3 is 2.39 bits per heavy atom. The molecule has 228 valence electrons. The number of benzene rings is 2. The highest BCUT2D eigenvalue weighted by Gasteiger charge is 2.47. The number of amides is 1. The Bertz CT molecular complexity index is 1620. The first-order valence-electron chi connectivity index (χ1n) is 14.6. The van der Waals surface area contributed by atoms with Crippen molar-refractivity contribution in [3.05, 3.63) is 96.3 Å². The van der Waals surface area contributed by atoms with Gasteiger partial charge in [-0.15, -0.1) is 0 Å². The second kappa shape index (κ2) is 13.2. The number of hydrogen-bond acceptors (Lipinski definition) is 10. The molecule has 0 saturated carbocycles. The summed E-state index contributed by atoms with van der Waals surface area (Å²) in [4.78, 5) is 33.8. The van der Waals surface area contributed by atoms with Crippen LogP contribution in [0.2, 0.25) is 0 Å². The van der Waals surface area contributed by atoms with Crippen molar-refractivity contribution >= 4 is 28.8 Å². The summed E-state index contributed by atoms with van der Waals surface area (Å²) in [6.45, 7) is 3.16. The smallest absolute Gasteiger partial charge is 0.252 e. The topological polar surface area (TPSA) is 175 Å². The zero-order chi connectivity index (χ0) is 30.5. The van der Waals surface area contributed by atoms with Crippen LogP contribution in [0.1, 0.15) is 35.9 Å². The number of carbonyl (C=O) groups is 1. The van der Waals surface area contributed by atoms with Gasteiger partial charge in [0.2, 0.25) is 5.95 Å². The van der Waals surface area contributed by atoms with Crippen molar-refractivity contribution in [2.75, 3.05) is 30.3 Å². The van der Waals surface area contributed by atoms with Gasteiger partial charge in [0.25, 0.3) is 5.91 Å². The summed E-state index contributed by atoms with van der Waals surface area (Å²) >= 11 is 0. The number of likely N-dealkylation sites (N-methyl/N-ethyl adjacent to an activating group) is 1. The summed E-state index contributed by atoms with van der Waals surface area (Å²) in [7, 11) is 0. The van der Waals surface area contributed by atoms with Gasteiger partial charge in [-0.25, -0.2) is 9.97 Å². The lowest BCUT2D eigenvalue weighted by molar-refractivity contribution is -0.137. The van der Waals surface area contributed by atoms with E-state index in [4.69, 9.17) is 14.7 Å². The van der Waals surface area contributed by atoms with Gasteiger partial charge in [0.1, 0.15) is 12.2 Å². The van der Waals surface area contributed by atoms with Gasteiger partial charge in [0, 0.05) is 38.2 Å². The Kier molecular flexibility index (Phi) is 8.77. The first-order chi connectivity index (χ1) is 21.5. The van der Waals surface area contributed by atoms with Crippen molar-refractivity contribution in [2.45, 2.75) is 43.8 Å². The van der Waals surface area contributed by atoms with Crippen LogP contribution in [0.15, 0.2) is 79.5 Å². The normalized spacial score (nSPS) is 19.8. The van der Waals surface area contributed by atoms with E-state index in [0.717, 1.165) is 16.8 Å². The highest BCUT2D eigenvalue weighted by molar-refractivity contribution is 5.85. The van der Waals surface area contributed by atoms with Gasteiger partial charge in [-0.2, -0.15) is 9.97 Å². The molecule has 5 aromatic rings. The van der Waals surface area contributed by atoms with E-state index in [1.807, 2.05) is 42.6 Å². The van der Waals surface area contributed by atoms with Gasteiger partial charge in [-0.05, 0) is 18.1 Å². The molecule has 1 saturated heterocycles. The number of nitrogens with zero attached hydrogens (tertiary/aromatic N) is 5. The number of nitrogens with one attached hydrogen (secondary N) is 4. The molecule has 4 heterocycles. The quantitative estimate of drug-likeness (QED) is 0.125. The van der Waals surface area contributed by atoms with Gasteiger partial charge < -0.3 is 35.9 Å². The molecule has 13 nitrogen and oxygen atoms in total. The molecule has 1 amide bonds. The zero-order valence-corrected chi connectivity index (χ0v) is 24.2. The summed E-state index contributed by atoms with van der Waals surface area (Å²) in [6.07, 6.45) is 0.432. The number of fused-ring (bicyclic) bond motifs is 1. The Morgan fingerprint density at radius 1 is 1.00 bits per heavy atom. The molecular weight excluding hydrogens is 562 g/mol. The Labute approximate surface area is 253 Å². The van der Waals surface area contributed by atoms with Crippen LogP contribution in [0, 0.1) is 0 Å². The molecule has 0 aliphatic carbocycles. The van der Waals surface area contributed by atoms with E-state index in [1.165, 1.54) is 10.9 Å².